The summed E-state index contributed by atoms with van der Waals surface area (Å²) >= 11 is 6.15. The minimum Gasteiger partial charge on any atom is -0.396 e. The van der Waals surface area contributed by atoms with Crippen molar-refractivity contribution in [2.75, 3.05) is 18.8 Å². The molecular weight excluding hydrogens is 334 g/mol. The highest BCUT2D eigenvalue weighted by atomic mass is 35.5. The van der Waals surface area contributed by atoms with Crippen LogP contribution < -0.4 is 16.4 Å². The van der Waals surface area contributed by atoms with Gasteiger partial charge in [-0.3, -0.25) is 4.98 Å². The first-order valence-corrected chi connectivity index (χ1v) is 8.93. The Kier molecular flexibility index (Phi) is 4.37. The molecule has 0 unspecified atom stereocenters. The van der Waals surface area contributed by atoms with Crippen molar-refractivity contribution in [3.63, 3.8) is 0 Å². The molecule has 3 heterocycles. The highest BCUT2D eigenvalue weighted by molar-refractivity contribution is 6.31. The van der Waals surface area contributed by atoms with Crippen LogP contribution in [0.2, 0.25) is 5.02 Å². The van der Waals surface area contributed by atoms with E-state index in [9.17, 15) is 0 Å². The predicted molar refractivity (Wildman–Crippen MR) is 104 cm³/mol. The van der Waals surface area contributed by atoms with Crippen LogP contribution in [0.15, 0.2) is 36.7 Å². The van der Waals surface area contributed by atoms with E-state index in [-0.39, 0.29) is 0 Å². The number of hydrogen-bond donors (Lipinski definition) is 3. The first-order valence-electron chi connectivity index (χ1n) is 8.55. The zero-order chi connectivity index (χ0) is 17.4. The fraction of sp³-hybridized carbons (Fsp3) is 0.316. The lowest BCUT2D eigenvalue weighted by atomic mass is 10.1. The van der Waals surface area contributed by atoms with Crippen molar-refractivity contribution in [2.45, 2.75) is 19.0 Å². The molecular formula is C19H22ClN5. The van der Waals surface area contributed by atoms with Crippen molar-refractivity contribution in [3.05, 3.63) is 47.2 Å². The molecule has 1 aromatic carbocycles. The molecule has 2 aromatic heterocycles. The summed E-state index contributed by atoms with van der Waals surface area (Å²) in [7, 11) is 2.01. The Balaban J connectivity index is 1.67. The van der Waals surface area contributed by atoms with Crippen LogP contribution in [0.25, 0.3) is 22.2 Å². The molecule has 5 nitrogen and oxygen atoms in total. The monoisotopic (exact) mass is 355 g/mol. The van der Waals surface area contributed by atoms with E-state index in [0.717, 1.165) is 53.0 Å². The number of nitrogens with one attached hydrogen (secondary N) is 2. The minimum absolute atomic E-state index is 0.536. The Morgan fingerprint density at radius 1 is 1.36 bits per heavy atom. The number of fused-ring (bicyclic) bond motifs is 1. The summed E-state index contributed by atoms with van der Waals surface area (Å²) in [6.45, 7) is 2.93. The predicted octanol–water partition coefficient (Wildman–Crippen LogP) is 2.93. The van der Waals surface area contributed by atoms with Crippen LogP contribution in [0.3, 0.4) is 0 Å². The van der Waals surface area contributed by atoms with Crippen LogP contribution in [-0.4, -0.2) is 28.7 Å². The van der Waals surface area contributed by atoms with Gasteiger partial charge in [-0.05, 0) is 42.8 Å². The number of halogens is 1. The quantitative estimate of drug-likeness (QED) is 0.673. The van der Waals surface area contributed by atoms with Crippen molar-refractivity contribution in [1.82, 2.24) is 20.2 Å². The largest absolute Gasteiger partial charge is 0.396 e. The van der Waals surface area contributed by atoms with Gasteiger partial charge >= 0.3 is 0 Å². The molecule has 0 aliphatic carbocycles. The van der Waals surface area contributed by atoms with Gasteiger partial charge in [0.1, 0.15) is 0 Å². The van der Waals surface area contributed by atoms with Gasteiger partial charge in [0, 0.05) is 54.5 Å². The Labute approximate surface area is 152 Å². The Morgan fingerprint density at radius 2 is 2.24 bits per heavy atom. The standard InChI is InChI=1S/C19H22ClN5/c1-25-17-7-14(20)2-3-16(17)18(21)19(25)13-6-12(8-23-10-13)9-24-15-4-5-22-11-15/h2-3,6-8,10,15,22,24H,4-5,9,11,21H2,1H3/t15-/m0/s1. The molecule has 4 N–H and O–H groups in total. The molecule has 6 heteroatoms. The number of pyridine rings is 1. The van der Waals surface area contributed by atoms with Gasteiger partial charge < -0.3 is 20.9 Å². The van der Waals surface area contributed by atoms with Crippen LogP contribution in [0.4, 0.5) is 5.69 Å². The topological polar surface area (TPSA) is 67.9 Å². The summed E-state index contributed by atoms with van der Waals surface area (Å²) in [5, 5.41) is 8.68. The zero-order valence-electron chi connectivity index (χ0n) is 14.2. The van der Waals surface area contributed by atoms with Crippen LogP contribution in [0, 0.1) is 0 Å². The maximum Gasteiger partial charge on any atom is 0.0738 e. The van der Waals surface area contributed by atoms with E-state index in [1.165, 1.54) is 6.42 Å². The molecule has 0 bridgehead atoms. The van der Waals surface area contributed by atoms with Crippen LogP contribution in [-0.2, 0) is 13.6 Å². The average Bonchev–Trinajstić information content (AvgIpc) is 3.21. The maximum absolute atomic E-state index is 6.43. The van der Waals surface area contributed by atoms with Crippen molar-refractivity contribution in [3.8, 4) is 11.3 Å². The lowest BCUT2D eigenvalue weighted by Crippen LogP contribution is -2.30. The van der Waals surface area contributed by atoms with Crippen molar-refractivity contribution in [2.24, 2.45) is 7.05 Å². The van der Waals surface area contributed by atoms with E-state index in [1.807, 2.05) is 37.6 Å². The highest BCUT2D eigenvalue weighted by Gasteiger charge is 2.16. The second-order valence-corrected chi connectivity index (χ2v) is 7.07. The molecule has 1 saturated heterocycles. The van der Waals surface area contributed by atoms with Crippen LogP contribution >= 0.6 is 11.6 Å². The SMILES string of the molecule is Cn1c(-c2cncc(CN[C@H]3CCNC3)c2)c(N)c2ccc(Cl)cc21. The molecule has 130 valence electrons. The summed E-state index contributed by atoms with van der Waals surface area (Å²) in [6.07, 6.45) is 4.95. The van der Waals surface area contributed by atoms with Gasteiger partial charge in [0.25, 0.3) is 0 Å². The third kappa shape index (κ3) is 3.11. The van der Waals surface area contributed by atoms with E-state index in [0.29, 0.717) is 11.1 Å². The number of hydrogen-bond acceptors (Lipinski definition) is 4. The van der Waals surface area contributed by atoms with Crippen molar-refractivity contribution >= 4 is 28.2 Å². The van der Waals surface area contributed by atoms with Gasteiger partial charge in [-0.2, -0.15) is 0 Å². The summed E-state index contributed by atoms with van der Waals surface area (Å²) in [4.78, 5) is 4.43. The van der Waals surface area contributed by atoms with Gasteiger partial charge in [0.05, 0.1) is 16.9 Å². The summed E-state index contributed by atoms with van der Waals surface area (Å²) in [5.74, 6) is 0. The number of aryl methyl sites for hydroxylation is 1. The lowest BCUT2D eigenvalue weighted by Gasteiger charge is -2.12. The Hall–Kier alpha value is -2.08. The molecule has 0 saturated carbocycles. The molecule has 25 heavy (non-hydrogen) atoms. The second-order valence-electron chi connectivity index (χ2n) is 6.64. The third-order valence-corrected chi connectivity index (χ3v) is 5.16. The zero-order valence-corrected chi connectivity index (χ0v) is 15.0. The van der Waals surface area contributed by atoms with E-state index in [1.54, 1.807) is 0 Å². The number of rotatable bonds is 4. The number of benzene rings is 1. The van der Waals surface area contributed by atoms with E-state index in [4.69, 9.17) is 17.3 Å². The Morgan fingerprint density at radius 3 is 3.04 bits per heavy atom. The van der Waals surface area contributed by atoms with E-state index in [2.05, 4.69) is 26.3 Å². The van der Waals surface area contributed by atoms with Crippen molar-refractivity contribution < 1.29 is 0 Å². The first kappa shape index (κ1) is 16.4. The summed E-state index contributed by atoms with van der Waals surface area (Å²) in [5.41, 5.74) is 11.4. The normalized spacial score (nSPS) is 17.4. The molecule has 0 spiro atoms. The smallest absolute Gasteiger partial charge is 0.0738 e. The molecule has 0 amide bonds. The molecule has 1 aliphatic heterocycles. The molecule has 0 radical (unpaired) electrons. The maximum atomic E-state index is 6.43. The van der Waals surface area contributed by atoms with Gasteiger partial charge in [0.2, 0.25) is 0 Å². The van der Waals surface area contributed by atoms with Gasteiger partial charge in [0.15, 0.2) is 0 Å². The molecule has 1 aliphatic rings. The van der Waals surface area contributed by atoms with Gasteiger partial charge in [-0.25, -0.2) is 0 Å². The minimum atomic E-state index is 0.536. The van der Waals surface area contributed by atoms with Gasteiger partial charge in [-0.15, -0.1) is 0 Å². The first-order chi connectivity index (χ1) is 12.1. The fourth-order valence-electron chi connectivity index (χ4n) is 3.59. The number of anilines is 1. The third-order valence-electron chi connectivity index (χ3n) is 4.93. The number of nitrogens with zero attached hydrogens (tertiary/aromatic N) is 2. The van der Waals surface area contributed by atoms with Crippen LogP contribution in [0.1, 0.15) is 12.0 Å². The fourth-order valence-corrected chi connectivity index (χ4v) is 3.76. The number of nitrogen functional groups attached to an aromatic ring is 1. The average molecular weight is 356 g/mol. The van der Waals surface area contributed by atoms with E-state index >= 15 is 0 Å². The van der Waals surface area contributed by atoms with Crippen LogP contribution in [0.5, 0.6) is 0 Å². The number of nitrogens with two attached hydrogens (primary N) is 1. The number of aromatic nitrogens is 2. The molecule has 3 aromatic rings. The molecule has 4 rings (SSSR count). The van der Waals surface area contributed by atoms with Gasteiger partial charge in [-0.1, -0.05) is 11.6 Å². The second kappa shape index (κ2) is 6.67. The molecule has 1 atom stereocenters. The van der Waals surface area contributed by atoms with E-state index < -0.39 is 0 Å². The van der Waals surface area contributed by atoms with Crippen molar-refractivity contribution in [1.29, 1.82) is 0 Å². The molecule has 1 fully saturated rings. The summed E-state index contributed by atoms with van der Waals surface area (Å²) < 4.78 is 2.09. The summed E-state index contributed by atoms with van der Waals surface area (Å²) in [6, 6.07) is 8.49. The lowest BCUT2D eigenvalue weighted by molar-refractivity contribution is 0.547. The highest BCUT2D eigenvalue weighted by Crippen LogP contribution is 2.36. The Bertz CT molecular complexity index is 912.